The van der Waals surface area contributed by atoms with E-state index in [0.717, 1.165) is 10.7 Å². The maximum absolute atomic E-state index is 11.8. The Bertz CT molecular complexity index is 695. The third-order valence-corrected chi connectivity index (χ3v) is 3.72. The third kappa shape index (κ3) is 2.96. The van der Waals surface area contributed by atoms with Crippen LogP contribution in [0.1, 0.15) is 42.0 Å². The predicted octanol–water partition coefficient (Wildman–Crippen LogP) is 2.35. The first-order chi connectivity index (χ1) is 9.29. The molecule has 1 N–H and O–H groups in total. The fourth-order valence-corrected chi connectivity index (χ4v) is 2.74. The number of nitrogens with zero attached hydrogens (tertiary/aromatic N) is 2. The number of hydrogen-bond donors (Lipinski definition) is 1. The number of aromatic nitrogens is 2. The second kappa shape index (κ2) is 5.20. The molecule has 0 spiro atoms. The van der Waals surface area contributed by atoms with Crippen molar-refractivity contribution in [2.24, 2.45) is 0 Å². The molecule has 5 nitrogen and oxygen atoms in total. The molecule has 0 aliphatic carbocycles. The molecule has 2 aromatic heterocycles. The Morgan fingerprint density at radius 3 is 2.65 bits per heavy atom. The lowest BCUT2D eigenvalue weighted by atomic mass is 9.93. The van der Waals surface area contributed by atoms with E-state index >= 15 is 0 Å². The van der Waals surface area contributed by atoms with Crippen LogP contribution in [0.25, 0.3) is 0 Å². The van der Waals surface area contributed by atoms with E-state index in [1.807, 2.05) is 5.38 Å². The van der Waals surface area contributed by atoms with Gasteiger partial charge in [-0.05, 0) is 6.07 Å². The van der Waals surface area contributed by atoms with Gasteiger partial charge >= 0.3 is 5.97 Å². The van der Waals surface area contributed by atoms with Crippen LogP contribution in [0.15, 0.2) is 28.4 Å². The zero-order valence-electron chi connectivity index (χ0n) is 11.6. The van der Waals surface area contributed by atoms with Gasteiger partial charge in [0.25, 0.3) is 5.56 Å². The minimum absolute atomic E-state index is 0.0231. The van der Waals surface area contributed by atoms with E-state index in [1.54, 1.807) is 0 Å². The monoisotopic (exact) mass is 292 g/mol. The Morgan fingerprint density at radius 2 is 2.10 bits per heavy atom. The maximum Gasteiger partial charge on any atom is 0.352 e. The van der Waals surface area contributed by atoms with Crippen LogP contribution in [0.2, 0.25) is 0 Å². The maximum atomic E-state index is 11.8. The first-order valence-electron chi connectivity index (χ1n) is 6.17. The molecular weight excluding hydrogens is 276 g/mol. The lowest BCUT2D eigenvalue weighted by Gasteiger charge is -2.14. The zero-order valence-corrected chi connectivity index (χ0v) is 12.4. The number of hydrogen-bond acceptors (Lipinski definition) is 4. The zero-order chi connectivity index (χ0) is 14.9. The molecule has 0 saturated carbocycles. The van der Waals surface area contributed by atoms with Crippen molar-refractivity contribution in [2.45, 2.75) is 32.7 Å². The van der Waals surface area contributed by atoms with Gasteiger partial charge in [-0.3, -0.25) is 9.36 Å². The van der Waals surface area contributed by atoms with Crippen LogP contribution in [0.3, 0.4) is 0 Å². The molecule has 6 heteroatoms. The summed E-state index contributed by atoms with van der Waals surface area (Å²) < 4.78 is 1.23. The summed E-state index contributed by atoms with van der Waals surface area (Å²) in [6.07, 6.45) is 0. The lowest BCUT2D eigenvalue weighted by Crippen LogP contribution is -2.25. The van der Waals surface area contributed by atoms with Crippen molar-refractivity contribution in [3.8, 4) is 0 Å². The van der Waals surface area contributed by atoms with Gasteiger partial charge in [0.1, 0.15) is 10.7 Å². The van der Waals surface area contributed by atoms with Crippen LogP contribution in [0, 0.1) is 0 Å². The van der Waals surface area contributed by atoms with Crippen molar-refractivity contribution in [3.63, 3.8) is 0 Å². The Balaban J connectivity index is 2.38. The van der Waals surface area contributed by atoms with Gasteiger partial charge < -0.3 is 5.11 Å². The van der Waals surface area contributed by atoms with Crippen LogP contribution < -0.4 is 5.56 Å². The Morgan fingerprint density at radius 1 is 1.40 bits per heavy atom. The molecule has 2 heterocycles. The SMILES string of the molecule is CC(C)(C)c1csc(Cn2c(C(=O)O)cccc2=O)n1. The van der Waals surface area contributed by atoms with Gasteiger partial charge in [0, 0.05) is 16.9 Å². The summed E-state index contributed by atoms with van der Waals surface area (Å²) >= 11 is 1.44. The molecule has 0 fully saturated rings. The number of aromatic carboxylic acids is 1. The fourth-order valence-electron chi connectivity index (χ4n) is 1.73. The number of pyridine rings is 1. The van der Waals surface area contributed by atoms with E-state index in [2.05, 4.69) is 25.8 Å². The van der Waals surface area contributed by atoms with Crippen LogP contribution in [-0.2, 0) is 12.0 Å². The fraction of sp³-hybridized carbons (Fsp3) is 0.357. The first-order valence-corrected chi connectivity index (χ1v) is 7.05. The van der Waals surface area contributed by atoms with Crippen LogP contribution in [0.5, 0.6) is 0 Å². The van der Waals surface area contributed by atoms with Gasteiger partial charge in [-0.15, -0.1) is 11.3 Å². The van der Waals surface area contributed by atoms with Crippen LogP contribution in [-0.4, -0.2) is 20.6 Å². The molecule has 20 heavy (non-hydrogen) atoms. The summed E-state index contributed by atoms with van der Waals surface area (Å²) in [5.74, 6) is -1.12. The molecule has 0 aliphatic heterocycles. The minimum Gasteiger partial charge on any atom is -0.477 e. The van der Waals surface area contributed by atoms with Crippen LogP contribution in [0.4, 0.5) is 0 Å². The van der Waals surface area contributed by atoms with Crippen molar-refractivity contribution < 1.29 is 9.90 Å². The summed E-state index contributed by atoms with van der Waals surface area (Å²) in [5, 5.41) is 11.8. The highest BCUT2D eigenvalue weighted by atomic mass is 32.1. The van der Waals surface area contributed by atoms with E-state index in [-0.39, 0.29) is 23.2 Å². The summed E-state index contributed by atoms with van der Waals surface area (Å²) in [4.78, 5) is 27.5. The Labute approximate surface area is 120 Å². The second-order valence-electron chi connectivity index (χ2n) is 5.52. The predicted molar refractivity (Wildman–Crippen MR) is 77.6 cm³/mol. The largest absolute Gasteiger partial charge is 0.477 e. The van der Waals surface area contributed by atoms with E-state index in [9.17, 15) is 9.59 Å². The summed E-state index contributed by atoms with van der Waals surface area (Å²) in [7, 11) is 0. The summed E-state index contributed by atoms with van der Waals surface area (Å²) in [6.45, 7) is 6.36. The van der Waals surface area contributed by atoms with Crippen molar-refractivity contribution in [1.29, 1.82) is 0 Å². The first kappa shape index (κ1) is 14.5. The number of carbonyl (C=O) groups is 1. The van der Waals surface area contributed by atoms with Gasteiger partial charge in [-0.25, -0.2) is 9.78 Å². The molecule has 2 aromatic rings. The normalized spacial score (nSPS) is 11.6. The molecule has 0 saturated heterocycles. The quantitative estimate of drug-likeness (QED) is 0.942. The molecule has 106 valence electrons. The highest BCUT2D eigenvalue weighted by Crippen LogP contribution is 2.24. The Hall–Kier alpha value is -1.95. The number of thiazole rings is 1. The molecule has 2 rings (SSSR count). The van der Waals surface area contributed by atoms with Gasteiger partial charge in [0.05, 0.1) is 12.2 Å². The molecule has 0 unspecified atom stereocenters. The molecule has 0 aliphatic rings. The molecule has 0 amide bonds. The third-order valence-electron chi connectivity index (χ3n) is 2.88. The minimum atomic E-state index is -1.12. The standard InChI is InChI=1S/C14H16N2O3S/c1-14(2,3)10-8-20-11(15-10)7-16-9(13(18)19)5-4-6-12(16)17/h4-6,8H,7H2,1-3H3,(H,18,19). The van der Waals surface area contributed by atoms with Crippen molar-refractivity contribution in [3.05, 3.63) is 50.3 Å². The molecular formula is C14H16N2O3S. The molecule has 0 aromatic carbocycles. The van der Waals surface area contributed by atoms with E-state index in [1.165, 1.54) is 34.1 Å². The van der Waals surface area contributed by atoms with E-state index in [0.29, 0.717) is 0 Å². The second-order valence-corrected chi connectivity index (χ2v) is 6.46. The van der Waals surface area contributed by atoms with Gasteiger partial charge in [0.15, 0.2) is 0 Å². The molecule has 0 atom stereocenters. The smallest absolute Gasteiger partial charge is 0.352 e. The topological polar surface area (TPSA) is 72.2 Å². The molecule has 0 radical (unpaired) electrons. The van der Waals surface area contributed by atoms with Crippen LogP contribution >= 0.6 is 11.3 Å². The van der Waals surface area contributed by atoms with Crippen molar-refractivity contribution >= 4 is 17.3 Å². The van der Waals surface area contributed by atoms with Gasteiger partial charge in [0.2, 0.25) is 0 Å². The number of rotatable bonds is 3. The van der Waals surface area contributed by atoms with Gasteiger partial charge in [-0.1, -0.05) is 26.8 Å². The van der Waals surface area contributed by atoms with Crippen molar-refractivity contribution in [1.82, 2.24) is 9.55 Å². The highest BCUT2D eigenvalue weighted by molar-refractivity contribution is 7.09. The lowest BCUT2D eigenvalue weighted by molar-refractivity contribution is 0.0684. The van der Waals surface area contributed by atoms with E-state index in [4.69, 9.17) is 5.11 Å². The molecule has 0 bridgehead atoms. The average molecular weight is 292 g/mol. The highest BCUT2D eigenvalue weighted by Gasteiger charge is 2.18. The van der Waals surface area contributed by atoms with Crippen molar-refractivity contribution in [2.75, 3.05) is 0 Å². The number of carboxylic acids is 1. The summed E-state index contributed by atoms with van der Waals surface area (Å²) in [6, 6.07) is 4.22. The van der Waals surface area contributed by atoms with E-state index < -0.39 is 5.97 Å². The average Bonchev–Trinajstić information content (AvgIpc) is 2.79. The van der Waals surface area contributed by atoms with Gasteiger partial charge in [-0.2, -0.15) is 0 Å². The Kier molecular flexibility index (Phi) is 3.76. The summed E-state index contributed by atoms with van der Waals surface area (Å²) in [5.41, 5.74) is 0.521. The number of carboxylic acid groups (broad SMARTS) is 1.